The minimum Gasteiger partial charge on any atom is -0.481 e. The van der Waals surface area contributed by atoms with E-state index >= 15 is 0 Å². The third-order valence-electron chi connectivity index (χ3n) is 4.31. The van der Waals surface area contributed by atoms with E-state index in [1.54, 1.807) is 0 Å². The molecule has 0 bridgehead atoms. The van der Waals surface area contributed by atoms with E-state index in [-0.39, 0.29) is 22.6 Å². The van der Waals surface area contributed by atoms with Crippen molar-refractivity contribution in [3.63, 3.8) is 0 Å². The van der Waals surface area contributed by atoms with E-state index in [2.05, 4.69) is 0 Å². The molecular weight excluding hydrogens is 362 g/mol. The van der Waals surface area contributed by atoms with Crippen LogP contribution in [0, 0.1) is 5.92 Å². The first-order chi connectivity index (χ1) is 11.8. The predicted molar refractivity (Wildman–Crippen MR) is 93.6 cm³/mol. The van der Waals surface area contributed by atoms with Gasteiger partial charge in [-0.3, -0.25) is 9.59 Å². The zero-order valence-corrected chi connectivity index (χ0v) is 15.1. The number of carbonyl (C=O) groups is 2. The van der Waals surface area contributed by atoms with Gasteiger partial charge in [-0.05, 0) is 17.7 Å². The lowest BCUT2D eigenvalue weighted by Gasteiger charge is -2.15. The van der Waals surface area contributed by atoms with Gasteiger partial charge in [0.05, 0.1) is 10.8 Å². The smallest absolute Gasteiger partial charge is 0.308 e. The Labute approximate surface area is 149 Å². The summed E-state index contributed by atoms with van der Waals surface area (Å²) in [6, 6.07) is 12.2. The number of carboxylic acids is 1. The molecule has 3 rings (SSSR count). The van der Waals surface area contributed by atoms with Gasteiger partial charge >= 0.3 is 5.97 Å². The van der Waals surface area contributed by atoms with Crippen molar-refractivity contribution in [1.82, 2.24) is 4.90 Å². The molecule has 1 N–H and O–H groups in total. The van der Waals surface area contributed by atoms with E-state index in [0.717, 1.165) is 23.2 Å². The largest absolute Gasteiger partial charge is 0.481 e. The van der Waals surface area contributed by atoms with Crippen molar-refractivity contribution in [2.45, 2.75) is 10.1 Å². The molecule has 6 nitrogen and oxygen atoms in total. The molecule has 1 aromatic carbocycles. The number of benzene rings is 1. The number of hydrogen-bond donors (Lipinski definition) is 1. The van der Waals surface area contributed by atoms with Gasteiger partial charge in [0, 0.05) is 25.3 Å². The number of nitrogens with zero attached hydrogens (tertiary/aromatic N) is 1. The molecule has 2 aromatic rings. The molecule has 132 valence electrons. The number of sulfone groups is 1. The molecule has 2 heterocycles. The zero-order valence-electron chi connectivity index (χ0n) is 13.5. The van der Waals surface area contributed by atoms with Crippen molar-refractivity contribution >= 4 is 33.1 Å². The van der Waals surface area contributed by atoms with Crippen LogP contribution >= 0.6 is 11.3 Å². The van der Waals surface area contributed by atoms with E-state index in [0.29, 0.717) is 11.4 Å². The number of carboxylic acid groups (broad SMARTS) is 1. The zero-order chi connectivity index (χ0) is 18.2. The molecule has 1 aliphatic rings. The maximum absolute atomic E-state index is 12.7. The highest BCUT2D eigenvalue weighted by Gasteiger charge is 2.40. The van der Waals surface area contributed by atoms with Crippen LogP contribution in [0.4, 0.5) is 0 Å². The topological polar surface area (TPSA) is 91.8 Å². The Balaban J connectivity index is 1.85. The van der Waals surface area contributed by atoms with Crippen LogP contribution in [0.2, 0.25) is 0 Å². The Hall–Kier alpha value is -2.19. The van der Waals surface area contributed by atoms with Crippen LogP contribution in [-0.4, -0.2) is 49.6 Å². The molecule has 1 aromatic heterocycles. The molecule has 0 aliphatic carbocycles. The van der Waals surface area contributed by atoms with Crippen molar-refractivity contribution in [2.24, 2.45) is 5.92 Å². The summed E-state index contributed by atoms with van der Waals surface area (Å²) < 4.78 is 23.3. The van der Waals surface area contributed by atoms with Crippen molar-refractivity contribution in [3.8, 4) is 0 Å². The number of aliphatic carboxylic acids is 1. The fraction of sp³-hybridized carbons (Fsp3) is 0.294. The lowest BCUT2D eigenvalue weighted by Crippen LogP contribution is -2.29. The van der Waals surface area contributed by atoms with Crippen LogP contribution in [-0.2, 0) is 14.6 Å². The minimum atomic E-state index is -3.36. The molecular formula is C17H17NO5S2. The summed E-state index contributed by atoms with van der Waals surface area (Å²) in [5.74, 6) is -2.23. The first-order valence-electron chi connectivity index (χ1n) is 7.64. The van der Waals surface area contributed by atoms with Gasteiger partial charge in [0.2, 0.25) is 0 Å². The molecule has 2 atom stereocenters. The number of amides is 1. The van der Waals surface area contributed by atoms with Gasteiger partial charge in [-0.2, -0.15) is 0 Å². The number of thiophene rings is 1. The second-order valence-electron chi connectivity index (χ2n) is 6.06. The fourth-order valence-corrected chi connectivity index (χ4v) is 4.94. The molecule has 0 unspecified atom stereocenters. The van der Waals surface area contributed by atoms with E-state index in [1.807, 2.05) is 30.3 Å². The van der Waals surface area contributed by atoms with Gasteiger partial charge in [0.15, 0.2) is 9.84 Å². The number of hydrogen-bond acceptors (Lipinski definition) is 5. The van der Waals surface area contributed by atoms with E-state index in [4.69, 9.17) is 0 Å². The lowest BCUT2D eigenvalue weighted by atomic mass is 9.89. The third kappa shape index (κ3) is 3.59. The van der Waals surface area contributed by atoms with Crippen LogP contribution in [0.25, 0.3) is 0 Å². The summed E-state index contributed by atoms with van der Waals surface area (Å²) in [5, 5.41) is 9.51. The maximum Gasteiger partial charge on any atom is 0.308 e. The van der Waals surface area contributed by atoms with Crippen molar-refractivity contribution in [2.75, 3.05) is 19.3 Å². The fourth-order valence-electron chi connectivity index (χ4n) is 3.05. The normalized spacial score (nSPS) is 20.6. The van der Waals surface area contributed by atoms with Crippen molar-refractivity contribution < 1.29 is 23.1 Å². The number of likely N-dealkylation sites (tertiary alicyclic amines) is 1. The van der Waals surface area contributed by atoms with Crippen molar-refractivity contribution in [1.29, 1.82) is 0 Å². The molecule has 8 heteroatoms. The lowest BCUT2D eigenvalue weighted by molar-refractivity contribution is -0.141. The maximum atomic E-state index is 12.7. The highest BCUT2D eigenvalue weighted by Crippen LogP contribution is 2.34. The van der Waals surface area contributed by atoms with Gasteiger partial charge in [0.1, 0.15) is 4.21 Å². The molecule has 1 aliphatic heterocycles. The average Bonchev–Trinajstić information content (AvgIpc) is 3.22. The Morgan fingerprint density at radius 2 is 1.80 bits per heavy atom. The molecule has 0 saturated carbocycles. The molecule has 1 saturated heterocycles. The molecule has 0 radical (unpaired) electrons. The van der Waals surface area contributed by atoms with Crippen LogP contribution in [0.15, 0.2) is 46.7 Å². The van der Waals surface area contributed by atoms with Crippen molar-refractivity contribution in [3.05, 3.63) is 52.9 Å². The quantitative estimate of drug-likeness (QED) is 0.878. The van der Waals surface area contributed by atoms with E-state index in [1.165, 1.54) is 17.0 Å². The summed E-state index contributed by atoms with van der Waals surface area (Å²) in [6.45, 7) is 0.408. The first kappa shape index (κ1) is 17.6. The molecule has 0 spiro atoms. The Morgan fingerprint density at radius 1 is 1.12 bits per heavy atom. The number of carbonyl (C=O) groups excluding carboxylic acids is 1. The standard InChI is InChI=1S/C17H17NO5S2/c1-25(22,23)15-8-7-14(24-15)16(19)18-9-12(13(10-18)17(20)21)11-5-3-2-4-6-11/h2-8,12-13H,9-10H2,1H3,(H,20,21)/t12-,13-/m0/s1. The molecule has 1 amide bonds. The average molecular weight is 379 g/mol. The predicted octanol–water partition coefficient (Wildman–Crippen LogP) is 2.09. The highest BCUT2D eigenvalue weighted by molar-refractivity contribution is 7.92. The van der Waals surface area contributed by atoms with Crippen LogP contribution < -0.4 is 0 Å². The van der Waals surface area contributed by atoms with E-state index in [9.17, 15) is 23.1 Å². The summed E-state index contributed by atoms with van der Waals surface area (Å²) in [7, 11) is -3.36. The highest BCUT2D eigenvalue weighted by atomic mass is 32.2. The summed E-state index contributed by atoms with van der Waals surface area (Å²) in [6.07, 6.45) is 1.09. The third-order valence-corrected chi connectivity index (χ3v) is 7.20. The second kappa shape index (κ2) is 6.61. The summed E-state index contributed by atoms with van der Waals surface area (Å²) in [5.41, 5.74) is 0.883. The van der Waals surface area contributed by atoms with Gasteiger partial charge < -0.3 is 10.0 Å². The second-order valence-corrected chi connectivity index (χ2v) is 9.39. The molecule has 1 fully saturated rings. The summed E-state index contributed by atoms with van der Waals surface area (Å²) >= 11 is 0.915. The molecule has 25 heavy (non-hydrogen) atoms. The number of rotatable bonds is 4. The van der Waals surface area contributed by atoms with Gasteiger partial charge in [-0.25, -0.2) is 8.42 Å². The summed E-state index contributed by atoms with van der Waals surface area (Å²) in [4.78, 5) is 26.1. The van der Waals surface area contributed by atoms with Gasteiger partial charge in [0.25, 0.3) is 5.91 Å². The van der Waals surface area contributed by atoms with E-state index < -0.39 is 21.7 Å². The SMILES string of the molecule is CS(=O)(=O)c1ccc(C(=O)N2C[C@H](C(=O)O)[C@H](c3ccccc3)C2)s1. The van der Waals surface area contributed by atoms with Gasteiger partial charge in [-0.15, -0.1) is 11.3 Å². The first-order valence-corrected chi connectivity index (χ1v) is 10.3. The Kier molecular flexibility index (Phi) is 4.66. The van der Waals surface area contributed by atoms with Crippen LogP contribution in [0.5, 0.6) is 0 Å². The monoisotopic (exact) mass is 379 g/mol. The van der Waals surface area contributed by atoms with Crippen LogP contribution in [0.1, 0.15) is 21.2 Å². The van der Waals surface area contributed by atoms with Crippen LogP contribution in [0.3, 0.4) is 0 Å². The van der Waals surface area contributed by atoms with Gasteiger partial charge in [-0.1, -0.05) is 30.3 Å². The minimum absolute atomic E-state index is 0.111. The Bertz CT molecular complexity index is 904. The Morgan fingerprint density at radius 3 is 2.36 bits per heavy atom.